The second kappa shape index (κ2) is 12.5. The number of benzene rings is 1. The Hall–Kier alpha value is -0.870. The van der Waals surface area contributed by atoms with E-state index in [1.54, 1.807) is 31.3 Å². The quantitative estimate of drug-likeness (QED) is 0.225. The fourth-order valence-corrected chi connectivity index (χ4v) is 2.80. The van der Waals surface area contributed by atoms with Crippen LogP contribution in [0.15, 0.2) is 34.2 Å². The third kappa shape index (κ3) is 8.29. The van der Waals surface area contributed by atoms with Crippen molar-refractivity contribution in [1.82, 2.24) is 15.4 Å². The van der Waals surface area contributed by atoms with Gasteiger partial charge in [0.2, 0.25) is 10.0 Å². The highest BCUT2D eigenvalue weighted by molar-refractivity contribution is 14.0. The molecular weight excluding hydrogens is 439 g/mol. The number of guanidine groups is 1. The van der Waals surface area contributed by atoms with Crippen LogP contribution in [0.25, 0.3) is 0 Å². The smallest absolute Gasteiger partial charge is 0.240 e. The van der Waals surface area contributed by atoms with Gasteiger partial charge in [-0.15, -0.1) is 24.0 Å². The Morgan fingerprint density at radius 2 is 1.75 bits per heavy atom. The molecule has 0 radical (unpaired) electrons. The van der Waals surface area contributed by atoms with E-state index in [4.69, 9.17) is 0 Å². The Labute approximate surface area is 163 Å². The number of hydrogen-bond acceptors (Lipinski definition) is 3. The number of unbranched alkanes of at least 4 members (excludes halogenated alkanes) is 3. The van der Waals surface area contributed by atoms with Gasteiger partial charge in [0.25, 0.3) is 0 Å². The van der Waals surface area contributed by atoms with E-state index in [1.165, 1.54) is 26.3 Å². The summed E-state index contributed by atoms with van der Waals surface area (Å²) in [5.74, 6) is 0.758. The van der Waals surface area contributed by atoms with Gasteiger partial charge in [0.05, 0.1) is 4.90 Å². The zero-order valence-corrected chi connectivity index (χ0v) is 17.8. The molecular formula is C16H29IN4O2S. The number of nitrogens with one attached hydrogen (secondary N) is 3. The van der Waals surface area contributed by atoms with Crippen LogP contribution in [0.2, 0.25) is 0 Å². The summed E-state index contributed by atoms with van der Waals surface area (Å²) in [6.07, 6.45) is 4.84. The van der Waals surface area contributed by atoms with Crippen LogP contribution in [0.4, 0.5) is 0 Å². The Morgan fingerprint density at radius 1 is 1.08 bits per heavy atom. The van der Waals surface area contributed by atoms with Gasteiger partial charge in [-0.2, -0.15) is 0 Å². The maximum absolute atomic E-state index is 11.7. The Morgan fingerprint density at radius 3 is 2.29 bits per heavy atom. The molecule has 0 aliphatic heterocycles. The fraction of sp³-hybridized carbons (Fsp3) is 0.562. The second-order valence-electron chi connectivity index (χ2n) is 5.26. The predicted octanol–water partition coefficient (Wildman–Crippen LogP) is 2.46. The molecule has 0 heterocycles. The third-order valence-electron chi connectivity index (χ3n) is 3.51. The second-order valence-corrected chi connectivity index (χ2v) is 7.15. The van der Waals surface area contributed by atoms with Gasteiger partial charge < -0.3 is 10.6 Å². The first-order valence-electron chi connectivity index (χ1n) is 8.00. The summed E-state index contributed by atoms with van der Waals surface area (Å²) in [6.45, 7) is 3.69. The minimum Gasteiger partial charge on any atom is -0.356 e. The zero-order chi connectivity index (χ0) is 17.1. The van der Waals surface area contributed by atoms with Gasteiger partial charge in [-0.3, -0.25) is 4.99 Å². The van der Waals surface area contributed by atoms with Crippen LogP contribution in [0.5, 0.6) is 0 Å². The number of aliphatic imine (C=N–C) groups is 1. The maximum Gasteiger partial charge on any atom is 0.240 e. The van der Waals surface area contributed by atoms with Crippen molar-refractivity contribution in [3.8, 4) is 0 Å². The van der Waals surface area contributed by atoms with E-state index in [2.05, 4.69) is 27.3 Å². The lowest BCUT2D eigenvalue weighted by Gasteiger charge is -2.12. The summed E-state index contributed by atoms with van der Waals surface area (Å²) in [5.41, 5.74) is 0.994. The monoisotopic (exact) mass is 468 g/mol. The minimum atomic E-state index is -3.38. The molecule has 0 atom stereocenters. The summed E-state index contributed by atoms with van der Waals surface area (Å²) < 4.78 is 25.6. The van der Waals surface area contributed by atoms with Gasteiger partial charge >= 0.3 is 0 Å². The molecule has 0 fully saturated rings. The molecule has 3 N–H and O–H groups in total. The molecule has 1 rings (SSSR count). The molecule has 0 aliphatic rings. The van der Waals surface area contributed by atoms with Gasteiger partial charge in [0.1, 0.15) is 0 Å². The van der Waals surface area contributed by atoms with E-state index in [0.717, 1.165) is 24.5 Å². The molecule has 0 saturated heterocycles. The standard InChI is InChI=1S/C16H28N4O2S.HI/c1-4-5-6-7-12-19-16(17-2)20-13-14-8-10-15(11-9-14)23(21,22)18-3;/h8-11,18H,4-7,12-13H2,1-3H3,(H2,17,19,20);1H. The molecule has 8 heteroatoms. The van der Waals surface area contributed by atoms with Crippen molar-refractivity contribution in [2.24, 2.45) is 4.99 Å². The summed E-state index contributed by atoms with van der Waals surface area (Å²) in [5, 5.41) is 6.50. The molecule has 0 bridgehead atoms. The molecule has 1 aromatic carbocycles. The average Bonchev–Trinajstić information content (AvgIpc) is 2.57. The normalized spacial score (nSPS) is 11.7. The third-order valence-corrected chi connectivity index (χ3v) is 4.94. The summed E-state index contributed by atoms with van der Waals surface area (Å²) in [7, 11) is -0.233. The van der Waals surface area contributed by atoms with Gasteiger partial charge in [-0.1, -0.05) is 38.3 Å². The highest BCUT2D eigenvalue weighted by Crippen LogP contribution is 2.09. The van der Waals surface area contributed by atoms with Crippen molar-refractivity contribution in [2.75, 3.05) is 20.6 Å². The Bertz CT molecular complexity index is 589. The summed E-state index contributed by atoms with van der Waals surface area (Å²) in [6, 6.07) is 6.80. The van der Waals surface area contributed by atoms with Crippen LogP contribution < -0.4 is 15.4 Å². The number of rotatable bonds is 9. The molecule has 0 unspecified atom stereocenters. The Kier molecular flexibility index (Phi) is 12.0. The lowest BCUT2D eigenvalue weighted by atomic mass is 10.2. The topological polar surface area (TPSA) is 82.6 Å². The van der Waals surface area contributed by atoms with Crippen LogP contribution in [0.1, 0.15) is 38.2 Å². The van der Waals surface area contributed by atoms with Crippen LogP contribution in [0, 0.1) is 0 Å². The van der Waals surface area contributed by atoms with Gasteiger partial charge in [-0.05, 0) is 31.2 Å². The van der Waals surface area contributed by atoms with Gasteiger partial charge in [0, 0.05) is 20.1 Å². The van der Waals surface area contributed by atoms with Crippen molar-refractivity contribution in [2.45, 2.75) is 44.0 Å². The largest absolute Gasteiger partial charge is 0.356 e. The SMILES string of the molecule is CCCCCCNC(=NC)NCc1ccc(S(=O)(=O)NC)cc1.I. The first-order valence-corrected chi connectivity index (χ1v) is 9.48. The van der Waals surface area contributed by atoms with Crippen LogP contribution >= 0.6 is 24.0 Å². The molecule has 1 aromatic rings. The van der Waals surface area contributed by atoms with E-state index in [1.807, 2.05) is 0 Å². The minimum absolute atomic E-state index is 0. The Balaban J connectivity index is 0.00000529. The molecule has 0 spiro atoms. The van der Waals surface area contributed by atoms with Crippen molar-refractivity contribution < 1.29 is 8.42 Å². The number of hydrogen-bond donors (Lipinski definition) is 3. The highest BCUT2D eigenvalue weighted by Gasteiger charge is 2.10. The number of nitrogens with zero attached hydrogens (tertiary/aromatic N) is 1. The molecule has 0 aromatic heterocycles. The maximum atomic E-state index is 11.7. The predicted molar refractivity (Wildman–Crippen MR) is 110 cm³/mol. The summed E-state index contributed by atoms with van der Waals surface area (Å²) >= 11 is 0. The molecule has 0 aliphatic carbocycles. The average molecular weight is 468 g/mol. The van der Waals surface area contributed by atoms with Crippen LogP contribution in [0.3, 0.4) is 0 Å². The molecule has 0 amide bonds. The van der Waals surface area contributed by atoms with E-state index in [-0.39, 0.29) is 28.9 Å². The first kappa shape index (κ1) is 23.1. The van der Waals surface area contributed by atoms with Crippen molar-refractivity contribution in [1.29, 1.82) is 0 Å². The highest BCUT2D eigenvalue weighted by atomic mass is 127. The van der Waals surface area contributed by atoms with E-state index < -0.39 is 10.0 Å². The molecule has 138 valence electrons. The number of halogens is 1. The van der Waals surface area contributed by atoms with E-state index in [0.29, 0.717) is 6.54 Å². The summed E-state index contributed by atoms with van der Waals surface area (Å²) in [4.78, 5) is 4.45. The van der Waals surface area contributed by atoms with Gasteiger partial charge in [-0.25, -0.2) is 13.1 Å². The van der Waals surface area contributed by atoms with Crippen LogP contribution in [-0.4, -0.2) is 35.0 Å². The van der Waals surface area contributed by atoms with E-state index >= 15 is 0 Å². The van der Waals surface area contributed by atoms with Crippen molar-refractivity contribution in [3.63, 3.8) is 0 Å². The lowest BCUT2D eigenvalue weighted by molar-refractivity contribution is 0.588. The molecule has 6 nitrogen and oxygen atoms in total. The van der Waals surface area contributed by atoms with Crippen molar-refractivity contribution in [3.05, 3.63) is 29.8 Å². The lowest BCUT2D eigenvalue weighted by Crippen LogP contribution is -2.37. The molecule has 0 saturated carbocycles. The van der Waals surface area contributed by atoms with Crippen LogP contribution in [-0.2, 0) is 16.6 Å². The first-order chi connectivity index (χ1) is 11.0. The van der Waals surface area contributed by atoms with Crippen molar-refractivity contribution >= 4 is 40.0 Å². The fourth-order valence-electron chi connectivity index (χ4n) is 2.07. The van der Waals surface area contributed by atoms with Gasteiger partial charge in [0.15, 0.2) is 5.96 Å². The molecule has 24 heavy (non-hydrogen) atoms. The number of sulfonamides is 1. The van der Waals surface area contributed by atoms with E-state index in [9.17, 15) is 8.42 Å². The zero-order valence-electron chi connectivity index (χ0n) is 14.6.